The monoisotopic (exact) mass is 422 g/mol. The molecular weight excluding hydrogens is 414 g/mol. The van der Waals surface area contributed by atoms with E-state index in [1.165, 1.54) is 3.57 Å². The molecule has 0 unspecified atom stereocenters. The van der Waals surface area contributed by atoms with Crippen molar-refractivity contribution in [3.05, 3.63) is 56.6 Å². The van der Waals surface area contributed by atoms with Gasteiger partial charge in [0.1, 0.15) is 11.5 Å². The number of rotatable bonds is 3. The number of benzene rings is 2. The van der Waals surface area contributed by atoms with Gasteiger partial charge in [0, 0.05) is 19.5 Å². The van der Waals surface area contributed by atoms with E-state index in [9.17, 15) is 0 Å². The molecule has 1 nitrogen and oxygen atoms in total. The molecule has 0 amide bonds. The first kappa shape index (κ1) is 13.2. The maximum Gasteiger partial charge on any atom is 0.132 e. The molecule has 0 aliphatic rings. The second-order valence-electron chi connectivity index (χ2n) is 3.41. The summed E-state index contributed by atoms with van der Waals surface area (Å²) in [6.07, 6.45) is 0. The molecule has 0 saturated heterocycles. The predicted molar refractivity (Wildman–Crippen MR) is 83.3 cm³/mol. The van der Waals surface area contributed by atoms with Crippen molar-refractivity contribution in [3.8, 4) is 11.5 Å². The highest BCUT2D eigenvalue weighted by Gasteiger charge is 2.07. The minimum absolute atomic E-state index is 0.673. The van der Waals surface area contributed by atoms with Crippen LogP contribution in [0.4, 0.5) is 0 Å². The summed E-state index contributed by atoms with van der Waals surface area (Å²) in [4.78, 5) is 0. The average molecular weight is 423 g/mol. The summed E-state index contributed by atoms with van der Waals surface area (Å²) in [5.41, 5.74) is 0.965. The van der Waals surface area contributed by atoms with Crippen LogP contribution in [0.25, 0.3) is 0 Å². The van der Waals surface area contributed by atoms with E-state index in [1.54, 1.807) is 0 Å². The molecule has 0 atom stereocenters. The van der Waals surface area contributed by atoms with Crippen molar-refractivity contribution in [2.75, 3.05) is 0 Å². The van der Waals surface area contributed by atoms with Gasteiger partial charge in [-0.2, -0.15) is 0 Å². The Kier molecular flexibility index (Phi) is 4.70. The van der Waals surface area contributed by atoms with Crippen molar-refractivity contribution in [1.82, 2.24) is 0 Å². The van der Waals surface area contributed by atoms with Crippen LogP contribution in [0.1, 0.15) is 5.56 Å². The molecule has 88 valence electrons. The molecule has 0 N–H and O–H groups in total. The molecule has 0 aliphatic carbocycles. The van der Waals surface area contributed by atoms with Crippen LogP contribution < -0.4 is 4.74 Å². The van der Waals surface area contributed by atoms with Crippen LogP contribution in [0.15, 0.2) is 42.5 Å². The van der Waals surface area contributed by atoms with Crippen molar-refractivity contribution in [3.63, 3.8) is 0 Å². The quantitative estimate of drug-likeness (QED) is 0.459. The third-order valence-corrected chi connectivity index (χ3v) is 3.88. The Bertz CT molecular complexity index is 513. The van der Waals surface area contributed by atoms with E-state index in [1.807, 2.05) is 42.5 Å². The fourth-order valence-electron chi connectivity index (χ4n) is 1.39. The van der Waals surface area contributed by atoms with Gasteiger partial charge in [-0.3, -0.25) is 0 Å². The predicted octanol–water partition coefficient (Wildman–Crippen LogP) is 5.63. The number of hydrogen-bond acceptors (Lipinski definition) is 1. The van der Waals surface area contributed by atoms with E-state index < -0.39 is 0 Å². The van der Waals surface area contributed by atoms with Gasteiger partial charge in [0.2, 0.25) is 0 Å². The van der Waals surface area contributed by atoms with E-state index in [4.69, 9.17) is 16.3 Å². The fourth-order valence-corrected chi connectivity index (χ4v) is 2.73. The molecule has 2 aromatic rings. The Morgan fingerprint density at radius 2 is 1.82 bits per heavy atom. The van der Waals surface area contributed by atoms with Crippen molar-refractivity contribution in [2.45, 2.75) is 5.33 Å². The van der Waals surface area contributed by atoms with E-state index in [0.29, 0.717) is 10.4 Å². The minimum atomic E-state index is 0.673. The van der Waals surface area contributed by atoms with Gasteiger partial charge >= 0.3 is 0 Å². The molecule has 2 rings (SSSR count). The van der Waals surface area contributed by atoms with Gasteiger partial charge in [-0.15, -0.1) is 0 Å². The first-order chi connectivity index (χ1) is 8.20. The van der Waals surface area contributed by atoms with Gasteiger partial charge in [0.05, 0.1) is 0 Å². The lowest BCUT2D eigenvalue weighted by Crippen LogP contribution is -1.90. The Labute approximate surface area is 127 Å². The van der Waals surface area contributed by atoms with Gasteiger partial charge in [-0.25, -0.2) is 0 Å². The van der Waals surface area contributed by atoms with Crippen LogP contribution >= 0.6 is 50.1 Å². The number of ether oxygens (including phenoxy) is 1. The lowest BCUT2D eigenvalue weighted by atomic mass is 10.2. The highest BCUT2D eigenvalue weighted by Crippen LogP contribution is 2.32. The molecule has 0 aromatic heterocycles. The molecule has 17 heavy (non-hydrogen) atoms. The van der Waals surface area contributed by atoms with Crippen LogP contribution in [-0.2, 0) is 5.33 Å². The van der Waals surface area contributed by atoms with Crippen molar-refractivity contribution >= 4 is 50.1 Å². The summed E-state index contributed by atoms with van der Waals surface area (Å²) in [6.45, 7) is 0. The second kappa shape index (κ2) is 6.07. The van der Waals surface area contributed by atoms with E-state index in [2.05, 4.69) is 38.5 Å². The molecule has 0 heterocycles. The summed E-state index contributed by atoms with van der Waals surface area (Å²) in [6, 6.07) is 13.6. The maximum atomic E-state index is 6.11. The van der Waals surface area contributed by atoms with Crippen LogP contribution in [0.5, 0.6) is 11.5 Å². The highest BCUT2D eigenvalue weighted by atomic mass is 127. The van der Waals surface area contributed by atoms with Gasteiger partial charge in [0.15, 0.2) is 0 Å². The molecule has 0 bridgehead atoms. The van der Waals surface area contributed by atoms with Crippen LogP contribution in [0.3, 0.4) is 0 Å². The normalized spacial score (nSPS) is 10.3. The average Bonchev–Trinajstić information content (AvgIpc) is 2.32. The molecule has 4 heteroatoms. The van der Waals surface area contributed by atoms with E-state index in [-0.39, 0.29) is 0 Å². The van der Waals surface area contributed by atoms with Gasteiger partial charge in [-0.05, 0) is 59.0 Å². The second-order valence-corrected chi connectivity index (χ2v) is 5.62. The zero-order valence-electron chi connectivity index (χ0n) is 8.79. The van der Waals surface area contributed by atoms with E-state index in [0.717, 1.165) is 17.1 Å². The number of alkyl halides is 1. The third-order valence-electron chi connectivity index (χ3n) is 2.25. The Morgan fingerprint density at radius 3 is 2.47 bits per heavy atom. The SMILES string of the molecule is Clc1cccc(Oc2ccc(I)cc2)c1CBr. The topological polar surface area (TPSA) is 9.23 Å². The zero-order valence-corrected chi connectivity index (χ0v) is 13.3. The maximum absolute atomic E-state index is 6.11. The summed E-state index contributed by atoms with van der Waals surface area (Å²) in [7, 11) is 0. The lowest BCUT2D eigenvalue weighted by Gasteiger charge is -2.10. The molecule has 0 fully saturated rings. The zero-order chi connectivity index (χ0) is 12.3. The molecule has 0 radical (unpaired) electrons. The summed E-state index contributed by atoms with van der Waals surface area (Å²) in [5, 5.41) is 1.39. The van der Waals surface area contributed by atoms with Crippen LogP contribution in [0.2, 0.25) is 5.02 Å². The van der Waals surface area contributed by atoms with Gasteiger partial charge in [-0.1, -0.05) is 33.6 Å². The van der Waals surface area contributed by atoms with Crippen molar-refractivity contribution < 1.29 is 4.74 Å². The van der Waals surface area contributed by atoms with E-state index >= 15 is 0 Å². The van der Waals surface area contributed by atoms with Crippen LogP contribution in [-0.4, -0.2) is 0 Å². The van der Waals surface area contributed by atoms with Crippen molar-refractivity contribution in [2.24, 2.45) is 0 Å². The first-order valence-corrected chi connectivity index (χ1v) is 7.55. The third kappa shape index (κ3) is 3.36. The smallest absolute Gasteiger partial charge is 0.132 e. The number of halogens is 3. The first-order valence-electron chi connectivity index (χ1n) is 4.97. The van der Waals surface area contributed by atoms with Crippen molar-refractivity contribution in [1.29, 1.82) is 0 Å². The highest BCUT2D eigenvalue weighted by molar-refractivity contribution is 14.1. The fraction of sp³-hybridized carbons (Fsp3) is 0.0769. The summed E-state index contributed by atoms with van der Waals surface area (Å²) >= 11 is 11.8. The Balaban J connectivity index is 2.29. The molecular formula is C13H9BrClIO. The number of hydrogen-bond donors (Lipinski definition) is 0. The lowest BCUT2D eigenvalue weighted by molar-refractivity contribution is 0.478. The minimum Gasteiger partial charge on any atom is -0.457 e. The molecule has 0 spiro atoms. The molecule has 2 aromatic carbocycles. The molecule has 0 aliphatic heterocycles. The van der Waals surface area contributed by atoms with Gasteiger partial charge in [0.25, 0.3) is 0 Å². The Morgan fingerprint density at radius 1 is 1.12 bits per heavy atom. The largest absolute Gasteiger partial charge is 0.457 e. The standard InChI is InChI=1S/C13H9BrClIO/c14-8-11-12(15)2-1-3-13(11)17-10-6-4-9(16)5-7-10/h1-7H,8H2. The van der Waals surface area contributed by atoms with Gasteiger partial charge < -0.3 is 4.74 Å². The Hall–Kier alpha value is -0.260. The summed E-state index contributed by atoms with van der Waals surface area (Å²) in [5.74, 6) is 1.60. The molecule has 0 saturated carbocycles. The van der Waals surface area contributed by atoms with Crippen LogP contribution in [0, 0.1) is 3.57 Å². The summed E-state index contributed by atoms with van der Waals surface area (Å²) < 4.78 is 7.00.